The van der Waals surface area contributed by atoms with Gasteiger partial charge in [0.1, 0.15) is 35.5 Å². The quantitative estimate of drug-likeness (QED) is 0.432. The van der Waals surface area contributed by atoms with Crippen molar-refractivity contribution in [1.82, 2.24) is 9.97 Å². The number of methoxy groups -OCH3 is 2. The molecule has 34 heavy (non-hydrogen) atoms. The Kier molecular flexibility index (Phi) is 6.24. The molecular weight excluding hydrogens is 461 g/mol. The van der Waals surface area contributed by atoms with Gasteiger partial charge in [-0.05, 0) is 38.0 Å². The largest absolute Gasteiger partial charge is 0.493 e. The van der Waals surface area contributed by atoms with Crippen LogP contribution in [0.25, 0.3) is 10.9 Å². The first-order valence-electron chi connectivity index (χ1n) is 10.4. The van der Waals surface area contributed by atoms with E-state index in [0.29, 0.717) is 40.9 Å². The summed E-state index contributed by atoms with van der Waals surface area (Å²) >= 11 is 0. The fraction of sp³-hybridized carbons (Fsp3) is 0.391. The van der Waals surface area contributed by atoms with Crippen LogP contribution in [0.1, 0.15) is 29.8 Å². The summed E-state index contributed by atoms with van der Waals surface area (Å²) in [4.78, 5) is 8.65. The van der Waals surface area contributed by atoms with E-state index in [1.807, 2.05) is 0 Å². The van der Waals surface area contributed by atoms with Crippen molar-refractivity contribution in [1.29, 1.82) is 0 Å². The predicted molar refractivity (Wildman–Crippen MR) is 114 cm³/mol. The molecular formula is C23H22F5N3O3. The number of aryl methyl sites for hydroxylation is 1. The van der Waals surface area contributed by atoms with Crippen LogP contribution in [-0.2, 0) is 17.5 Å². The second-order valence-corrected chi connectivity index (χ2v) is 8.09. The van der Waals surface area contributed by atoms with Gasteiger partial charge in [-0.2, -0.15) is 13.2 Å². The van der Waals surface area contributed by atoms with E-state index in [4.69, 9.17) is 14.2 Å². The zero-order valence-corrected chi connectivity index (χ0v) is 18.6. The van der Waals surface area contributed by atoms with E-state index in [1.54, 1.807) is 26.2 Å². The number of anilines is 1. The molecule has 4 rings (SSSR count). The molecule has 1 aliphatic rings. The lowest BCUT2D eigenvalue weighted by Crippen LogP contribution is -2.21. The number of benzene rings is 2. The van der Waals surface area contributed by atoms with Crippen molar-refractivity contribution in [2.75, 3.05) is 26.1 Å². The first kappa shape index (κ1) is 23.9. The summed E-state index contributed by atoms with van der Waals surface area (Å²) in [6.45, 7) is 1.49. The third kappa shape index (κ3) is 4.84. The molecule has 182 valence electrons. The summed E-state index contributed by atoms with van der Waals surface area (Å²) in [6.07, 6.45) is -3.29. The highest BCUT2D eigenvalue weighted by Gasteiger charge is 2.44. The van der Waals surface area contributed by atoms with Crippen LogP contribution >= 0.6 is 0 Å². The normalized spacial score (nSPS) is 14.8. The summed E-state index contributed by atoms with van der Waals surface area (Å²) in [5.74, 6) is -1.34. The van der Waals surface area contributed by atoms with Gasteiger partial charge in [0, 0.05) is 30.7 Å². The maximum absolute atomic E-state index is 14.5. The molecule has 2 aromatic carbocycles. The number of alkyl halides is 3. The number of rotatable bonds is 8. The predicted octanol–water partition coefficient (Wildman–Crippen LogP) is 5.41. The number of hydrogen-bond acceptors (Lipinski definition) is 6. The molecule has 0 atom stereocenters. The zero-order chi connectivity index (χ0) is 24.7. The fourth-order valence-corrected chi connectivity index (χ4v) is 3.58. The Bertz CT molecular complexity index is 1230. The lowest BCUT2D eigenvalue weighted by molar-refractivity contribution is -0.140. The summed E-state index contributed by atoms with van der Waals surface area (Å²) in [6, 6.07) is 4.11. The van der Waals surface area contributed by atoms with Crippen LogP contribution < -0.4 is 14.8 Å². The molecule has 1 N–H and O–H groups in total. The highest BCUT2D eigenvalue weighted by molar-refractivity contribution is 5.91. The van der Waals surface area contributed by atoms with E-state index >= 15 is 0 Å². The molecule has 0 aliphatic heterocycles. The molecule has 0 spiro atoms. The van der Waals surface area contributed by atoms with Crippen molar-refractivity contribution in [2.24, 2.45) is 0 Å². The molecule has 0 bridgehead atoms. The van der Waals surface area contributed by atoms with E-state index < -0.39 is 35.5 Å². The van der Waals surface area contributed by atoms with Crippen molar-refractivity contribution in [3.8, 4) is 11.5 Å². The first-order chi connectivity index (χ1) is 16.0. The Labute approximate surface area is 192 Å². The molecule has 6 nitrogen and oxygen atoms in total. The molecule has 0 unspecified atom stereocenters. The highest BCUT2D eigenvalue weighted by Crippen LogP contribution is 2.41. The Hall–Kier alpha value is -3.21. The van der Waals surface area contributed by atoms with Gasteiger partial charge in [-0.1, -0.05) is 0 Å². The Balaban J connectivity index is 1.67. The van der Waals surface area contributed by atoms with E-state index in [0.717, 1.165) is 12.8 Å². The summed E-state index contributed by atoms with van der Waals surface area (Å²) < 4.78 is 84.2. The molecule has 1 fully saturated rings. The Morgan fingerprint density at radius 2 is 1.76 bits per heavy atom. The van der Waals surface area contributed by atoms with E-state index in [-0.39, 0.29) is 17.5 Å². The number of ether oxygens (including phenoxy) is 3. The third-order valence-electron chi connectivity index (χ3n) is 5.69. The van der Waals surface area contributed by atoms with Crippen LogP contribution in [0, 0.1) is 18.6 Å². The first-order valence-corrected chi connectivity index (χ1v) is 10.4. The number of halogens is 5. The van der Waals surface area contributed by atoms with Gasteiger partial charge in [0.25, 0.3) is 0 Å². The summed E-state index contributed by atoms with van der Waals surface area (Å²) in [5.41, 5.74) is -2.02. The van der Waals surface area contributed by atoms with Crippen molar-refractivity contribution in [2.45, 2.75) is 38.1 Å². The highest BCUT2D eigenvalue weighted by atomic mass is 19.4. The van der Waals surface area contributed by atoms with Crippen molar-refractivity contribution in [3.63, 3.8) is 0 Å². The Morgan fingerprint density at radius 1 is 1.03 bits per heavy atom. The number of nitrogens with zero attached hydrogens (tertiary/aromatic N) is 2. The average Bonchev–Trinajstić information content (AvgIpc) is 3.57. The standard InChI is InChI=1S/C23H22F5N3O3/c1-12-30-17-9-18(32-2)19(34-11-22(33-3)4-5-22)8-15(17)21(31-12)29-10-13-6-14(24)7-16(20(13)25)23(26,27)28/h6-9H,4-5,10-11H2,1-3H3,(H,29,30,31). The molecule has 0 saturated heterocycles. The molecule has 0 amide bonds. The van der Waals surface area contributed by atoms with Crippen LogP contribution in [0.4, 0.5) is 27.8 Å². The second kappa shape index (κ2) is 8.86. The lowest BCUT2D eigenvalue weighted by Gasteiger charge is -2.18. The lowest BCUT2D eigenvalue weighted by atomic mass is 10.1. The van der Waals surface area contributed by atoms with Gasteiger partial charge >= 0.3 is 6.18 Å². The monoisotopic (exact) mass is 483 g/mol. The number of nitrogens with one attached hydrogen (secondary N) is 1. The minimum absolute atomic E-state index is 0.131. The SMILES string of the molecule is COc1cc2nc(C)nc(NCc3cc(F)cc(C(F)(F)F)c3F)c2cc1OCC1(OC)CC1. The molecule has 11 heteroatoms. The maximum Gasteiger partial charge on any atom is 0.419 e. The van der Waals surface area contributed by atoms with Gasteiger partial charge in [0.2, 0.25) is 0 Å². The summed E-state index contributed by atoms with van der Waals surface area (Å²) in [5, 5.41) is 3.27. The van der Waals surface area contributed by atoms with Gasteiger partial charge in [-0.25, -0.2) is 18.7 Å². The van der Waals surface area contributed by atoms with Gasteiger partial charge in [-0.15, -0.1) is 0 Å². The summed E-state index contributed by atoms with van der Waals surface area (Å²) in [7, 11) is 3.10. The second-order valence-electron chi connectivity index (χ2n) is 8.09. The smallest absolute Gasteiger partial charge is 0.419 e. The van der Waals surface area contributed by atoms with Crippen LogP contribution in [0.5, 0.6) is 11.5 Å². The maximum atomic E-state index is 14.5. The van der Waals surface area contributed by atoms with Crippen LogP contribution in [0.2, 0.25) is 0 Å². The Morgan fingerprint density at radius 3 is 2.38 bits per heavy atom. The molecule has 0 radical (unpaired) electrons. The molecule has 1 saturated carbocycles. The fourth-order valence-electron chi connectivity index (χ4n) is 3.58. The number of hydrogen-bond donors (Lipinski definition) is 1. The minimum atomic E-state index is -5.02. The topological polar surface area (TPSA) is 65.5 Å². The van der Waals surface area contributed by atoms with Crippen LogP contribution in [-0.4, -0.2) is 36.4 Å². The number of aromatic nitrogens is 2. The van der Waals surface area contributed by atoms with Gasteiger partial charge in [-0.3, -0.25) is 0 Å². The van der Waals surface area contributed by atoms with E-state index in [9.17, 15) is 22.0 Å². The molecule has 1 aliphatic carbocycles. The molecule has 3 aromatic rings. The van der Waals surface area contributed by atoms with Crippen LogP contribution in [0.3, 0.4) is 0 Å². The molecule has 1 aromatic heterocycles. The van der Waals surface area contributed by atoms with Crippen molar-refractivity contribution >= 4 is 16.7 Å². The molecule has 1 heterocycles. The van der Waals surface area contributed by atoms with Crippen molar-refractivity contribution in [3.05, 3.63) is 52.9 Å². The van der Waals surface area contributed by atoms with Crippen molar-refractivity contribution < 1.29 is 36.2 Å². The van der Waals surface area contributed by atoms with E-state index in [1.165, 1.54) is 7.11 Å². The van der Waals surface area contributed by atoms with Gasteiger partial charge in [0.15, 0.2) is 11.5 Å². The minimum Gasteiger partial charge on any atom is -0.493 e. The van der Waals surface area contributed by atoms with Crippen LogP contribution in [0.15, 0.2) is 24.3 Å². The third-order valence-corrected chi connectivity index (χ3v) is 5.69. The average molecular weight is 483 g/mol. The number of fused-ring (bicyclic) bond motifs is 1. The van der Waals surface area contributed by atoms with Gasteiger partial charge < -0.3 is 19.5 Å². The zero-order valence-electron chi connectivity index (χ0n) is 18.6. The van der Waals surface area contributed by atoms with E-state index in [2.05, 4.69) is 15.3 Å². The van der Waals surface area contributed by atoms with Gasteiger partial charge in [0.05, 0.1) is 18.2 Å².